The largest absolute Gasteiger partial charge is 0.355 e. The highest BCUT2D eigenvalue weighted by Gasteiger charge is 2.29. The van der Waals surface area contributed by atoms with E-state index in [1.54, 1.807) is 6.07 Å². The minimum atomic E-state index is -0.641. The van der Waals surface area contributed by atoms with Gasteiger partial charge in [-0.1, -0.05) is 48.9 Å². The number of halogens is 2. The molecule has 2 amide bonds. The summed E-state index contributed by atoms with van der Waals surface area (Å²) in [5.41, 5.74) is 2.11. The molecule has 0 saturated heterocycles. The topological polar surface area (TPSA) is 49.4 Å². The van der Waals surface area contributed by atoms with Crippen molar-refractivity contribution >= 4 is 23.4 Å². The Hall–Kier alpha value is -2.40. The summed E-state index contributed by atoms with van der Waals surface area (Å²) in [6.07, 6.45) is 0.252. The number of nitrogens with zero attached hydrogens (tertiary/aromatic N) is 1. The van der Waals surface area contributed by atoms with Crippen molar-refractivity contribution in [3.8, 4) is 0 Å². The van der Waals surface area contributed by atoms with Crippen molar-refractivity contribution in [3.05, 3.63) is 70.0 Å². The first-order chi connectivity index (χ1) is 13.4. The zero-order valence-electron chi connectivity index (χ0n) is 16.5. The Morgan fingerprint density at radius 3 is 2.46 bits per heavy atom. The van der Waals surface area contributed by atoms with Crippen molar-refractivity contribution < 1.29 is 14.0 Å². The van der Waals surface area contributed by atoms with Crippen LogP contribution in [0.4, 0.5) is 4.39 Å². The second kappa shape index (κ2) is 10.2. The quantitative estimate of drug-likeness (QED) is 0.714. The Bertz CT molecular complexity index is 821. The first-order valence-electron chi connectivity index (χ1n) is 9.43. The number of rotatable bonds is 8. The van der Waals surface area contributed by atoms with Gasteiger partial charge in [-0.25, -0.2) is 4.39 Å². The van der Waals surface area contributed by atoms with Gasteiger partial charge in [0.25, 0.3) is 0 Å². The summed E-state index contributed by atoms with van der Waals surface area (Å²) in [5, 5.41) is 2.99. The molecule has 0 aliphatic heterocycles. The molecule has 0 saturated carbocycles. The molecule has 0 aliphatic carbocycles. The first kappa shape index (κ1) is 21.9. The predicted molar refractivity (Wildman–Crippen MR) is 110 cm³/mol. The van der Waals surface area contributed by atoms with E-state index in [0.717, 1.165) is 11.1 Å². The van der Waals surface area contributed by atoms with Crippen molar-refractivity contribution in [1.29, 1.82) is 0 Å². The lowest BCUT2D eigenvalue weighted by atomic mass is 10.0. The van der Waals surface area contributed by atoms with Crippen LogP contribution in [0.1, 0.15) is 37.0 Å². The number of hydrogen-bond donors (Lipinski definition) is 1. The van der Waals surface area contributed by atoms with Gasteiger partial charge in [0.2, 0.25) is 11.8 Å². The van der Waals surface area contributed by atoms with Gasteiger partial charge >= 0.3 is 0 Å². The van der Waals surface area contributed by atoms with Crippen LogP contribution in [0, 0.1) is 12.7 Å². The molecule has 6 heteroatoms. The van der Waals surface area contributed by atoms with Gasteiger partial charge in [0.05, 0.1) is 6.42 Å². The molecule has 2 rings (SSSR count). The maximum absolute atomic E-state index is 14.2. The van der Waals surface area contributed by atoms with Crippen LogP contribution < -0.4 is 5.32 Å². The second-order valence-electron chi connectivity index (χ2n) is 6.64. The molecule has 28 heavy (non-hydrogen) atoms. The SMILES string of the molecule is CCNC(=O)[C@H](CC)N(Cc1ccccc1C)C(=O)Cc1c(F)cccc1Cl. The molecule has 2 aromatic rings. The van der Waals surface area contributed by atoms with Gasteiger partial charge in [-0.2, -0.15) is 0 Å². The number of hydrogen-bond acceptors (Lipinski definition) is 2. The van der Waals surface area contributed by atoms with E-state index in [1.165, 1.54) is 17.0 Å². The number of likely N-dealkylation sites (N-methyl/N-ethyl adjacent to an activating group) is 1. The Balaban J connectivity index is 2.37. The summed E-state index contributed by atoms with van der Waals surface area (Å²) in [6.45, 7) is 6.39. The Kier molecular flexibility index (Phi) is 8.00. The fourth-order valence-corrected chi connectivity index (χ4v) is 3.37. The molecule has 0 heterocycles. The van der Waals surface area contributed by atoms with E-state index in [2.05, 4.69) is 5.32 Å². The van der Waals surface area contributed by atoms with E-state index in [0.29, 0.717) is 13.0 Å². The molecule has 150 valence electrons. The number of carbonyl (C=O) groups is 2. The van der Waals surface area contributed by atoms with Gasteiger partial charge in [0, 0.05) is 23.7 Å². The molecule has 0 aliphatic rings. The molecular weight excluding hydrogens is 379 g/mol. The van der Waals surface area contributed by atoms with Crippen LogP contribution in [0.3, 0.4) is 0 Å². The molecule has 0 fully saturated rings. The molecule has 0 radical (unpaired) electrons. The average Bonchev–Trinajstić information content (AvgIpc) is 2.66. The number of carbonyl (C=O) groups excluding carboxylic acids is 2. The van der Waals surface area contributed by atoms with Gasteiger partial charge in [0.15, 0.2) is 0 Å². The van der Waals surface area contributed by atoms with Crippen LogP contribution in [0.2, 0.25) is 5.02 Å². The lowest BCUT2D eigenvalue weighted by Gasteiger charge is -2.31. The Labute approximate surface area is 170 Å². The van der Waals surface area contributed by atoms with Gasteiger partial charge in [-0.15, -0.1) is 0 Å². The maximum Gasteiger partial charge on any atom is 0.242 e. The second-order valence-corrected chi connectivity index (χ2v) is 7.05. The summed E-state index contributed by atoms with van der Waals surface area (Å²) >= 11 is 6.10. The molecule has 4 nitrogen and oxygen atoms in total. The lowest BCUT2D eigenvalue weighted by molar-refractivity contribution is -0.140. The standard InChI is InChI=1S/C22H26ClFN2O2/c1-4-20(22(28)25-5-2)26(14-16-10-7-6-9-15(16)3)21(27)13-17-18(23)11-8-12-19(17)24/h6-12,20H,4-5,13-14H2,1-3H3,(H,25,28)/t20-/m0/s1. The minimum Gasteiger partial charge on any atom is -0.355 e. The molecule has 0 unspecified atom stereocenters. The van der Waals surface area contributed by atoms with Crippen LogP contribution >= 0.6 is 11.6 Å². The third-order valence-corrected chi connectivity index (χ3v) is 5.08. The highest BCUT2D eigenvalue weighted by Crippen LogP contribution is 2.22. The fraction of sp³-hybridized carbons (Fsp3) is 0.364. The smallest absolute Gasteiger partial charge is 0.242 e. The van der Waals surface area contributed by atoms with Crippen molar-refractivity contribution in [2.75, 3.05) is 6.54 Å². The molecule has 0 aromatic heterocycles. The Morgan fingerprint density at radius 2 is 1.86 bits per heavy atom. The maximum atomic E-state index is 14.2. The third kappa shape index (κ3) is 5.32. The van der Waals surface area contributed by atoms with Crippen LogP contribution in [0.15, 0.2) is 42.5 Å². The molecule has 2 aromatic carbocycles. The van der Waals surface area contributed by atoms with Crippen LogP contribution in [-0.4, -0.2) is 29.3 Å². The minimum absolute atomic E-state index is 0.148. The molecular formula is C22H26ClFN2O2. The van der Waals surface area contributed by atoms with Gasteiger partial charge < -0.3 is 10.2 Å². The van der Waals surface area contributed by atoms with Crippen LogP contribution in [0.25, 0.3) is 0 Å². The van der Waals surface area contributed by atoms with E-state index >= 15 is 0 Å². The zero-order chi connectivity index (χ0) is 20.7. The first-order valence-corrected chi connectivity index (χ1v) is 9.81. The summed E-state index contributed by atoms with van der Waals surface area (Å²) in [6, 6.07) is 11.4. The molecule has 1 N–H and O–H groups in total. The lowest BCUT2D eigenvalue weighted by Crippen LogP contribution is -2.49. The van der Waals surface area contributed by atoms with E-state index in [4.69, 9.17) is 11.6 Å². The van der Waals surface area contributed by atoms with E-state index in [-0.39, 0.29) is 35.4 Å². The van der Waals surface area contributed by atoms with Gasteiger partial charge in [-0.05, 0) is 43.5 Å². The van der Waals surface area contributed by atoms with Gasteiger partial charge in [-0.3, -0.25) is 9.59 Å². The predicted octanol–water partition coefficient (Wildman–Crippen LogP) is 4.27. The summed E-state index contributed by atoms with van der Waals surface area (Å²) in [7, 11) is 0. The highest BCUT2D eigenvalue weighted by molar-refractivity contribution is 6.31. The summed E-state index contributed by atoms with van der Waals surface area (Å²) in [4.78, 5) is 27.3. The number of nitrogens with one attached hydrogen (secondary N) is 1. The van der Waals surface area contributed by atoms with E-state index in [1.807, 2.05) is 45.0 Å². The van der Waals surface area contributed by atoms with E-state index in [9.17, 15) is 14.0 Å². The number of aryl methyl sites for hydroxylation is 1. The highest BCUT2D eigenvalue weighted by atomic mass is 35.5. The van der Waals surface area contributed by atoms with Crippen molar-refractivity contribution in [2.24, 2.45) is 0 Å². The fourth-order valence-electron chi connectivity index (χ4n) is 3.14. The zero-order valence-corrected chi connectivity index (χ0v) is 17.2. The van der Waals surface area contributed by atoms with E-state index < -0.39 is 11.9 Å². The number of benzene rings is 2. The summed E-state index contributed by atoms with van der Waals surface area (Å²) < 4.78 is 14.2. The van der Waals surface area contributed by atoms with Crippen LogP contribution in [0.5, 0.6) is 0 Å². The normalized spacial score (nSPS) is 11.8. The molecule has 1 atom stereocenters. The number of amides is 2. The molecule has 0 bridgehead atoms. The molecule has 0 spiro atoms. The van der Waals surface area contributed by atoms with Gasteiger partial charge in [0.1, 0.15) is 11.9 Å². The van der Waals surface area contributed by atoms with Crippen molar-refractivity contribution in [2.45, 2.75) is 46.2 Å². The monoisotopic (exact) mass is 404 g/mol. The van der Waals surface area contributed by atoms with Crippen molar-refractivity contribution in [1.82, 2.24) is 10.2 Å². The average molecular weight is 405 g/mol. The van der Waals surface area contributed by atoms with Crippen molar-refractivity contribution in [3.63, 3.8) is 0 Å². The Morgan fingerprint density at radius 1 is 1.14 bits per heavy atom. The third-order valence-electron chi connectivity index (χ3n) is 4.73. The van der Waals surface area contributed by atoms with Crippen LogP contribution in [-0.2, 0) is 22.6 Å². The summed E-state index contributed by atoms with van der Waals surface area (Å²) in [5.74, 6) is -1.08.